The van der Waals surface area contributed by atoms with Gasteiger partial charge in [-0.1, -0.05) is 43.2 Å². The molecule has 0 bridgehead atoms. The van der Waals surface area contributed by atoms with Crippen LogP contribution in [0.3, 0.4) is 0 Å². The molecule has 0 amide bonds. The zero-order chi connectivity index (χ0) is 11.8. The van der Waals surface area contributed by atoms with Crippen LogP contribution in [-0.4, -0.2) is 11.2 Å². The minimum Gasteiger partial charge on any atom is -0.380 e. The molecule has 0 radical (unpaired) electrons. The van der Waals surface area contributed by atoms with Crippen molar-refractivity contribution in [2.24, 2.45) is 0 Å². The summed E-state index contributed by atoms with van der Waals surface area (Å²) in [4.78, 5) is 0. The van der Waals surface area contributed by atoms with E-state index in [1.165, 1.54) is 0 Å². The largest absolute Gasteiger partial charge is 0.380 e. The third-order valence-corrected chi connectivity index (χ3v) is 2.56. The van der Waals surface area contributed by atoms with Gasteiger partial charge in [0.1, 0.15) is 6.10 Å². The highest BCUT2D eigenvalue weighted by molar-refractivity contribution is 6.30. The molecule has 0 heterocycles. The first-order chi connectivity index (χ1) is 7.72. The summed E-state index contributed by atoms with van der Waals surface area (Å²) in [6.45, 7) is 2.14. The Kier molecular flexibility index (Phi) is 6.00. The number of hydrogen-bond acceptors (Lipinski definition) is 1. The van der Waals surface area contributed by atoms with Gasteiger partial charge in [0.05, 0.1) is 0 Å². The average molecular weight is 237 g/mol. The highest BCUT2D eigenvalue weighted by Crippen LogP contribution is 2.08. The lowest BCUT2D eigenvalue weighted by Crippen LogP contribution is -2.02. The quantitative estimate of drug-likeness (QED) is 0.625. The zero-order valence-electron chi connectivity index (χ0n) is 9.54. The van der Waals surface area contributed by atoms with Crippen molar-refractivity contribution in [1.29, 1.82) is 0 Å². The molecule has 1 aromatic rings. The second-order valence-corrected chi connectivity index (χ2v) is 4.22. The Morgan fingerprint density at radius 1 is 1.25 bits per heavy atom. The molecule has 1 aromatic carbocycles. The third-order valence-electron chi connectivity index (χ3n) is 2.31. The van der Waals surface area contributed by atoms with Crippen LogP contribution in [0.5, 0.6) is 0 Å². The third kappa shape index (κ3) is 5.21. The van der Waals surface area contributed by atoms with Crippen LogP contribution in [0.15, 0.2) is 24.3 Å². The highest BCUT2D eigenvalue weighted by atomic mass is 35.5. The van der Waals surface area contributed by atoms with Crippen LogP contribution in [0.4, 0.5) is 0 Å². The molecule has 0 saturated carbocycles. The molecule has 0 aromatic heterocycles. The van der Waals surface area contributed by atoms with Crippen molar-refractivity contribution in [3.63, 3.8) is 0 Å². The lowest BCUT2D eigenvalue weighted by molar-refractivity contribution is 0.217. The summed E-state index contributed by atoms with van der Waals surface area (Å²) in [6.07, 6.45) is 3.60. The molecule has 0 fully saturated rings. The lowest BCUT2D eigenvalue weighted by atomic mass is 10.1. The molecular formula is C14H17ClO. The normalized spacial score (nSPS) is 11.7. The predicted molar refractivity (Wildman–Crippen MR) is 68.5 cm³/mol. The maximum atomic E-state index is 9.59. The molecule has 1 nitrogen and oxygen atoms in total. The molecule has 0 aliphatic heterocycles. The van der Waals surface area contributed by atoms with Crippen LogP contribution >= 0.6 is 11.6 Å². The van der Waals surface area contributed by atoms with Gasteiger partial charge >= 0.3 is 0 Å². The Bertz CT molecular complexity index is 359. The van der Waals surface area contributed by atoms with Crippen LogP contribution in [0.2, 0.25) is 5.02 Å². The van der Waals surface area contributed by atoms with E-state index in [1.807, 2.05) is 12.1 Å². The van der Waals surface area contributed by atoms with Gasteiger partial charge in [-0.2, -0.15) is 0 Å². The van der Waals surface area contributed by atoms with Crippen molar-refractivity contribution in [1.82, 2.24) is 0 Å². The molecule has 1 rings (SSSR count). The van der Waals surface area contributed by atoms with E-state index < -0.39 is 6.10 Å². The van der Waals surface area contributed by atoms with Crippen molar-refractivity contribution >= 4 is 11.6 Å². The van der Waals surface area contributed by atoms with E-state index in [0.717, 1.165) is 31.2 Å². The summed E-state index contributed by atoms with van der Waals surface area (Å²) < 4.78 is 0. The molecule has 0 aliphatic rings. The van der Waals surface area contributed by atoms with Crippen LogP contribution < -0.4 is 0 Å². The van der Waals surface area contributed by atoms with E-state index in [1.54, 1.807) is 12.1 Å². The van der Waals surface area contributed by atoms with Gasteiger partial charge in [-0.25, -0.2) is 0 Å². The van der Waals surface area contributed by atoms with Crippen molar-refractivity contribution in [2.45, 2.75) is 38.7 Å². The van der Waals surface area contributed by atoms with Gasteiger partial charge < -0.3 is 5.11 Å². The fourth-order valence-electron chi connectivity index (χ4n) is 1.36. The first-order valence-corrected chi connectivity index (χ1v) is 6.05. The van der Waals surface area contributed by atoms with Gasteiger partial charge in [-0.3, -0.25) is 0 Å². The molecule has 1 N–H and O–H groups in total. The van der Waals surface area contributed by atoms with Crippen molar-refractivity contribution in [3.05, 3.63) is 34.9 Å². The van der Waals surface area contributed by atoms with Crippen LogP contribution in [0.25, 0.3) is 0 Å². The van der Waals surface area contributed by atoms with Crippen LogP contribution in [0, 0.1) is 11.8 Å². The number of aliphatic hydroxyl groups excluding tert-OH is 1. The van der Waals surface area contributed by atoms with E-state index in [4.69, 9.17) is 11.6 Å². The number of aliphatic hydroxyl groups is 1. The minimum atomic E-state index is -0.512. The van der Waals surface area contributed by atoms with Gasteiger partial charge in [0.15, 0.2) is 0 Å². The lowest BCUT2D eigenvalue weighted by Gasteiger charge is -2.01. The summed E-state index contributed by atoms with van der Waals surface area (Å²) in [5.74, 6) is 5.78. The van der Waals surface area contributed by atoms with Crippen LogP contribution in [0.1, 0.15) is 38.2 Å². The van der Waals surface area contributed by atoms with Gasteiger partial charge in [0, 0.05) is 10.6 Å². The Labute approximate surface area is 102 Å². The highest BCUT2D eigenvalue weighted by Gasteiger charge is 1.97. The zero-order valence-corrected chi connectivity index (χ0v) is 10.3. The maximum Gasteiger partial charge on any atom is 0.115 e. The molecule has 0 aliphatic carbocycles. The molecule has 2 heteroatoms. The van der Waals surface area contributed by atoms with Crippen molar-refractivity contribution in [3.8, 4) is 11.8 Å². The summed E-state index contributed by atoms with van der Waals surface area (Å²) in [5.41, 5.74) is 0.888. The summed E-state index contributed by atoms with van der Waals surface area (Å²) in [5, 5.41) is 10.3. The summed E-state index contributed by atoms with van der Waals surface area (Å²) >= 11 is 5.76. The van der Waals surface area contributed by atoms with Crippen molar-refractivity contribution in [2.75, 3.05) is 0 Å². The molecular weight excluding hydrogens is 220 g/mol. The second kappa shape index (κ2) is 7.33. The number of rotatable bonds is 4. The molecule has 16 heavy (non-hydrogen) atoms. The van der Waals surface area contributed by atoms with Gasteiger partial charge in [-0.15, -0.1) is 0 Å². The smallest absolute Gasteiger partial charge is 0.115 e. The molecule has 1 atom stereocenters. The predicted octanol–water partition coefficient (Wildman–Crippen LogP) is 3.63. The fraction of sp³-hybridized carbons (Fsp3) is 0.429. The number of hydrogen-bond donors (Lipinski definition) is 1. The van der Waals surface area contributed by atoms with Crippen molar-refractivity contribution < 1.29 is 5.11 Å². The van der Waals surface area contributed by atoms with Gasteiger partial charge in [0.25, 0.3) is 0 Å². The van der Waals surface area contributed by atoms with E-state index in [0.29, 0.717) is 5.02 Å². The van der Waals surface area contributed by atoms with E-state index in [-0.39, 0.29) is 0 Å². The first-order valence-electron chi connectivity index (χ1n) is 5.67. The maximum absolute atomic E-state index is 9.59. The van der Waals surface area contributed by atoms with E-state index >= 15 is 0 Å². The number of unbranched alkanes of at least 4 members (excludes halogenated alkanes) is 2. The molecule has 0 spiro atoms. The average Bonchev–Trinajstić information content (AvgIpc) is 2.29. The van der Waals surface area contributed by atoms with E-state index in [2.05, 4.69) is 18.8 Å². The van der Waals surface area contributed by atoms with E-state index in [9.17, 15) is 5.11 Å². The Balaban J connectivity index is 2.44. The first kappa shape index (κ1) is 13.1. The SMILES string of the molecule is CCCCCC(O)C#Cc1ccc(Cl)cc1. The Morgan fingerprint density at radius 3 is 2.56 bits per heavy atom. The minimum absolute atomic E-state index is 0.512. The molecule has 1 unspecified atom stereocenters. The number of halogens is 1. The summed E-state index contributed by atoms with van der Waals surface area (Å²) in [6, 6.07) is 7.31. The number of benzene rings is 1. The molecule has 86 valence electrons. The van der Waals surface area contributed by atoms with Gasteiger partial charge in [-0.05, 0) is 37.1 Å². The Hall–Kier alpha value is -0.970. The summed E-state index contributed by atoms with van der Waals surface area (Å²) in [7, 11) is 0. The van der Waals surface area contributed by atoms with Gasteiger partial charge in [0.2, 0.25) is 0 Å². The second-order valence-electron chi connectivity index (χ2n) is 3.79. The monoisotopic (exact) mass is 236 g/mol. The Morgan fingerprint density at radius 2 is 1.94 bits per heavy atom. The van der Waals surface area contributed by atoms with Crippen LogP contribution in [-0.2, 0) is 0 Å². The fourth-order valence-corrected chi connectivity index (χ4v) is 1.49. The topological polar surface area (TPSA) is 20.2 Å². The molecule has 0 saturated heterocycles. The standard InChI is InChI=1S/C14H17ClO/c1-2-3-4-5-14(16)11-8-12-6-9-13(15)10-7-12/h6-7,9-10,14,16H,2-5H2,1H3.